The first-order chi connectivity index (χ1) is 12.2. The summed E-state index contributed by atoms with van der Waals surface area (Å²) in [5.74, 6) is 1.48. The fourth-order valence-electron chi connectivity index (χ4n) is 2.86. The summed E-state index contributed by atoms with van der Waals surface area (Å²) in [5, 5.41) is 1.54. The molecule has 5 heteroatoms. The minimum atomic E-state index is -0.0439. The number of aromatic nitrogens is 1. The molecule has 25 heavy (non-hydrogen) atoms. The number of nitrogens with zero attached hydrogens (tertiary/aromatic N) is 1. The van der Waals surface area contributed by atoms with Gasteiger partial charge in [-0.15, -0.1) is 0 Å². The Balaban J connectivity index is 1.70. The van der Waals surface area contributed by atoms with Crippen molar-refractivity contribution in [3.8, 4) is 22.8 Å². The van der Waals surface area contributed by atoms with Crippen molar-refractivity contribution >= 4 is 10.8 Å². The maximum atomic E-state index is 12.7. The zero-order valence-electron chi connectivity index (χ0n) is 14.2. The van der Waals surface area contributed by atoms with Crippen molar-refractivity contribution in [2.45, 2.75) is 6.10 Å². The minimum absolute atomic E-state index is 0.0439. The molecule has 1 atom stereocenters. The highest BCUT2D eigenvalue weighted by Gasteiger charge is 2.23. The summed E-state index contributed by atoms with van der Waals surface area (Å²) in [5.41, 5.74) is 1.78. The molecule has 1 fully saturated rings. The van der Waals surface area contributed by atoms with Gasteiger partial charge in [0.15, 0.2) is 0 Å². The van der Waals surface area contributed by atoms with E-state index in [1.807, 2.05) is 42.5 Å². The Labute approximate surface area is 145 Å². The first-order valence-corrected chi connectivity index (χ1v) is 8.18. The van der Waals surface area contributed by atoms with E-state index in [2.05, 4.69) is 0 Å². The fraction of sp³-hybridized carbons (Fsp3) is 0.250. The normalized spacial score (nSPS) is 16.0. The lowest BCUT2D eigenvalue weighted by molar-refractivity contribution is 0.263. The van der Waals surface area contributed by atoms with E-state index in [1.54, 1.807) is 24.8 Å². The average molecular weight is 337 g/mol. The van der Waals surface area contributed by atoms with Crippen molar-refractivity contribution in [2.24, 2.45) is 7.05 Å². The Hall–Kier alpha value is -2.79. The number of hydrogen-bond acceptors (Lipinski definition) is 4. The SMILES string of the molecule is COc1ccc2cc(-c3ccc(OCC4CO4)cc3)n(C)c(=O)c2c1. The lowest BCUT2D eigenvalue weighted by Gasteiger charge is -2.12. The molecule has 0 amide bonds. The van der Waals surface area contributed by atoms with Crippen molar-refractivity contribution in [3.63, 3.8) is 0 Å². The number of fused-ring (bicyclic) bond motifs is 1. The molecule has 4 rings (SSSR count). The van der Waals surface area contributed by atoms with E-state index in [0.29, 0.717) is 17.7 Å². The number of methoxy groups -OCH3 is 1. The van der Waals surface area contributed by atoms with E-state index in [0.717, 1.165) is 29.0 Å². The fourth-order valence-corrected chi connectivity index (χ4v) is 2.86. The van der Waals surface area contributed by atoms with E-state index in [4.69, 9.17) is 14.2 Å². The second-order valence-electron chi connectivity index (χ2n) is 6.14. The highest BCUT2D eigenvalue weighted by Crippen LogP contribution is 2.26. The van der Waals surface area contributed by atoms with Gasteiger partial charge in [-0.1, -0.05) is 6.07 Å². The number of benzene rings is 2. The summed E-state index contributed by atoms with van der Waals surface area (Å²) < 4.78 is 17.7. The standard InChI is InChI=1S/C20H19NO4/c1-21-19(9-14-5-8-16(23-2)10-18(14)20(21)22)13-3-6-15(7-4-13)24-11-17-12-25-17/h3-10,17H,11-12H2,1-2H3. The molecule has 2 heterocycles. The molecule has 0 N–H and O–H groups in total. The highest BCUT2D eigenvalue weighted by atomic mass is 16.6. The molecule has 2 aromatic carbocycles. The van der Waals surface area contributed by atoms with Crippen LogP contribution in [0.5, 0.6) is 11.5 Å². The van der Waals surface area contributed by atoms with Crippen molar-refractivity contribution in [1.82, 2.24) is 4.57 Å². The van der Waals surface area contributed by atoms with Crippen molar-refractivity contribution < 1.29 is 14.2 Å². The monoisotopic (exact) mass is 337 g/mol. The Bertz CT molecular complexity index is 971. The molecular weight excluding hydrogens is 318 g/mol. The van der Waals surface area contributed by atoms with Gasteiger partial charge in [0, 0.05) is 7.05 Å². The topological polar surface area (TPSA) is 53.0 Å². The molecule has 1 aliphatic rings. The summed E-state index contributed by atoms with van der Waals surface area (Å²) in [4.78, 5) is 12.7. The predicted molar refractivity (Wildman–Crippen MR) is 96.4 cm³/mol. The molecule has 1 aromatic heterocycles. The third-order valence-corrected chi connectivity index (χ3v) is 4.44. The third-order valence-electron chi connectivity index (χ3n) is 4.44. The van der Waals surface area contributed by atoms with Gasteiger partial charge in [0.25, 0.3) is 5.56 Å². The van der Waals surface area contributed by atoms with Gasteiger partial charge in [-0.2, -0.15) is 0 Å². The van der Waals surface area contributed by atoms with Gasteiger partial charge in [-0.3, -0.25) is 4.79 Å². The molecule has 5 nitrogen and oxygen atoms in total. The Morgan fingerprint density at radius 1 is 1.12 bits per heavy atom. The minimum Gasteiger partial charge on any atom is -0.497 e. The molecule has 0 aliphatic carbocycles. The van der Waals surface area contributed by atoms with Gasteiger partial charge in [0.05, 0.1) is 24.8 Å². The summed E-state index contributed by atoms with van der Waals surface area (Å²) in [6, 6.07) is 15.3. The van der Waals surface area contributed by atoms with E-state index >= 15 is 0 Å². The van der Waals surface area contributed by atoms with E-state index in [-0.39, 0.29) is 11.7 Å². The first kappa shape index (κ1) is 15.7. The van der Waals surface area contributed by atoms with Crippen LogP contribution in [-0.4, -0.2) is 31.0 Å². The summed E-state index contributed by atoms with van der Waals surface area (Å²) in [6.07, 6.45) is 0.234. The van der Waals surface area contributed by atoms with E-state index < -0.39 is 0 Å². The molecule has 1 saturated heterocycles. The highest BCUT2D eigenvalue weighted by molar-refractivity contribution is 5.86. The van der Waals surface area contributed by atoms with Gasteiger partial charge >= 0.3 is 0 Å². The molecule has 1 aliphatic heterocycles. The molecular formula is C20H19NO4. The number of rotatable bonds is 5. The number of hydrogen-bond donors (Lipinski definition) is 0. The lowest BCUT2D eigenvalue weighted by atomic mass is 10.1. The number of pyridine rings is 1. The molecule has 0 bridgehead atoms. The van der Waals surface area contributed by atoms with Crippen molar-refractivity contribution in [2.75, 3.05) is 20.3 Å². The molecule has 3 aromatic rings. The van der Waals surface area contributed by atoms with E-state index in [1.165, 1.54) is 0 Å². The molecule has 1 unspecified atom stereocenters. The van der Waals surface area contributed by atoms with E-state index in [9.17, 15) is 4.79 Å². The molecule has 128 valence electrons. The van der Waals surface area contributed by atoms with Crippen LogP contribution in [0.1, 0.15) is 0 Å². The van der Waals surface area contributed by atoms with Gasteiger partial charge in [-0.25, -0.2) is 0 Å². The first-order valence-electron chi connectivity index (χ1n) is 8.18. The zero-order chi connectivity index (χ0) is 17.4. The zero-order valence-corrected chi connectivity index (χ0v) is 14.2. The van der Waals surface area contributed by atoms with Crippen LogP contribution in [0.3, 0.4) is 0 Å². The maximum absolute atomic E-state index is 12.7. The Kier molecular flexibility index (Phi) is 3.93. The van der Waals surface area contributed by atoms with Gasteiger partial charge < -0.3 is 18.8 Å². The van der Waals surface area contributed by atoms with Crippen molar-refractivity contribution in [3.05, 3.63) is 58.9 Å². The van der Waals surface area contributed by atoms with Crippen LogP contribution >= 0.6 is 0 Å². The van der Waals surface area contributed by atoms with Crippen LogP contribution < -0.4 is 15.0 Å². The third kappa shape index (κ3) is 3.10. The maximum Gasteiger partial charge on any atom is 0.258 e. The largest absolute Gasteiger partial charge is 0.497 e. The number of ether oxygens (including phenoxy) is 3. The molecule has 0 spiro atoms. The van der Waals surface area contributed by atoms with Crippen LogP contribution in [-0.2, 0) is 11.8 Å². The van der Waals surface area contributed by atoms with Gasteiger partial charge in [0.2, 0.25) is 0 Å². The van der Waals surface area contributed by atoms with Gasteiger partial charge in [0.1, 0.15) is 24.2 Å². The number of epoxide rings is 1. The van der Waals surface area contributed by atoms with Crippen LogP contribution in [0.25, 0.3) is 22.0 Å². The molecule has 0 radical (unpaired) electrons. The smallest absolute Gasteiger partial charge is 0.258 e. The summed E-state index contributed by atoms with van der Waals surface area (Å²) in [7, 11) is 3.38. The average Bonchev–Trinajstić information content (AvgIpc) is 3.48. The predicted octanol–water partition coefficient (Wildman–Crippen LogP) is 2.99. The molecule has 0 saturated carbocycles. The summed E-state index contributed by atoms with van der Waals surface area (Å²) in [6.45, 7) is 1.36. The summed E-state index contributed by atoms with van der Waals surface area (Å²) >= 11 is 0. The van der Waals surface area contributed by atoms with Crippen LogP contribution in [0.2, 0.25) is 0 Å². The second-order valence-corrected chi connectivity index (χ2v) is 6.14. The quantitative estimate of drug-likeness (QED) is 0.672. The van der Waals surface area contributed by atoms with Crippen molar-refractivity contribution in [1.29, 1.82) is 0 Å². The van der Waals surface area contributed by atoms with Crippen LogP contribution in [0.15, 0.2) is 53.3 Å². The Morgan fingerprint density at radius 3 is 2.52 bits per heavy atom. The Morgan fingerprint density at radius 2 is 1.84 bits per heavy atom. The van der Waals surface area contributed by atoms with Crippen LogP contribution in [0, 0.1) is 0 Å². The lowest BCUT2D eigenvalue weighted by Crippen LogP contribution is -2.18. The second kappa shape index (κ2) is 6.26. The van der Waals surface area contributed by atoms with Crippen LogP contribution in [0.4, 0.5) is 0 Å². The van der Waals surface area contributed by atoms with Gasteiger partial charge in [-0.05, 0) is 53.4 Å².